The molecule has 1 aliphatic rings. The van der Waals surface area contributed by atoms with Crippen molar-refractivity contribution in [3.05, 3.63) is 22.7 Å². The Bertz CT molecular complexity index is 566. The number of carbonyl (C=O) groups is 2. The van der Waals surface area contributed by atoms with Crippen molar-refractivity contribution in [3.63, 3.8) is 0 Å². The second-order valence-corrected chi connectivity index (χ2v) is 6.60. The number of imide groups is 1. The molecule has 0 radical (unpaired) electrons. The zero-order valence-electron chi connectivity index (χ0n) is 11.9. The Kier molecular flexibility index (Phi) is 3.77. The monoisotopic (exact) mass is 340 g/mol. The molecular formula is C14H17BrN2O3. The molecule has 1 N–H and O–H groups in total. The fourth-order valence-electron chi connectivity index (χ4n) is 1.92. The molecule has 1 aromatic rings. The van der Waals surface area contributed by atoms with E-state index in [1.807, 2.05) is 6.07 Å². The zero-order chi connectivity index (χ0) is 15.1. The number of rotatable bonds is 0. The molecule has 5 nitrogen and oxygen atoms in total. The normalized spacial score (nSPS) is 18.4. The minimum atomic E-state index is -0.653. The summed E-state index contributed by atoms with van der Waals surface area (Å²) in [6, 6.07) is 4.83. The molecule has 1 aromatic carbocycles. The number of benzene rings is 1. The Balaban J connectivity index is 2.41. The summed E-state index contributed by atoms with van der Waals surface area (Å²) in [7, 11) is 0. The Labute approximate surface area is 126 Å². The first kappa shape index (κ1) is 14.8. The SMILES string of the molecule is CC1Nc2cc(Br)ccc2N(C(=O)OC(C)(C)C)C1=O. The lowest BCUT2D eigenvalue weighted by atomic mass is 10.1. The van der Waals surface area contributed by atoms with Crippen molar-refractivity contribution >= 4 is 39.3 Å². The summed E-state index contributed by atoms with van der Waals surface area (Å²) >= 11 is 3.37. The average Bonchev–Trinajstić information content (AvgIpc) is 2.28. The number of ether oxygens (including phenoxy) is 1. The number of anilines is 2. The maximum absolute atomic E-state index is 12.3. The van der Waals surface area contributed by atoms with E-state index in [9.17, 15) is 9.59 Å². The molecule has 1 heterocycles. The van der Waals surface area contributed by atoms with Gasteiger partial charge in [0.15, 0.2) is 0 Å². The first-order valence-corrected chi connectivity index (χ1v) is 7.11. The van der Waals surface area contributed by atoms with Gasteiger partial charge in [-0.3, -0.25) is 4.79 Å². The molecule has 0 bridgehead atoms. The quantitative estimate of drug-likeness (QED) is 0.784. The van der Waals surface area contributed by atoms with E-state index < -0.39 is 17.7 Å². The third-order valence-electron chi connectivity index (χ3n) is 2.74. The standard InChI is InChI=1S/C14H17BrN2O3/c1-8-12(18)17(13(19)20-14(2,3)4)11-6-5-9(15)7-10(11)16-8/h5-8,16H,1-4H3. The van der Waals surface area contributed by atoms with Gasteiger partial charge in [-0.25, -0.2) is 9.69 Å². The molecule has 0 saturated heterocycles. The molecule has 0 fully saturated rings. The van der Waals surface area contributed by atoms with E-state index in [0.717, 1.165) is 15.1 Å². The highest BCUT2D eigenvalue weighted by Gasteiger charge is 2.36. The lowest BCUT2D eigenvalue weighted by Crippen LogP contribution is -2.50. The predicted octanol–water partition coefficient (Wildman–Crippen LogP) is 3.53. The van der Waals surface area contributed by atoms with Gasteiger partial charge in [-0.1, -0.05) is 15.9 Å². The van der Waals surface area contributed by atoms with Gasteiger partial charge in [0.1, 0.15) is 11.6 Å². The third kappa shape index (κ3) is 2.95. The molecule has 20 heavy (non-hydrogen) atoms. The van der Waals surface area contributed by atoms with Crippen LogP contribution in [0.25, 0.3) is 0 Å². The Hall–Kier alpha value is -1.56. The Morgan fingerprint density at radius 1 is 1.40 bits per heavy atom. The van der Waals surface area contributed by atoms with Crippen molar-refractivity contribution in [1.29, 1.82) is 0 Å². The van der Waals surface area contributed by atoms with Crippen molar-refractivity contribution in [2.24, 2.45) is 0 Å². The Morgan fingerprint density at radius 3 is 2.65 bits per heavy atom. The number of nitrogens with one attached hydrogen (secondary N) is 1. The molecule has 1 aliphatic heterocycles. The van der Waals surface area contributed by atoms with Crippen LogP contribution < -0.4 is 10.2 Å². The van der Waals surface area contributed by atoms with Gasteiger partial charge >= 0.3 is 6.09 Å². The zero-order valence-corrected chi connectivity index (χ0v) is 13.4. The number of hydrogen-bond donors (Lipinski definition) is 1. The first-order chi connectivity index (χ1) is 9.19. The summed E-state index contributed by atoms with van der Waals surface area (Å²) in [5, 5.41) is 3.07. The van der Waals surface area contributed by atoms with Gasteiger partial charge in [0.2, 0.25) is 0 Å². The van der Waals surface area contributed by atoms with Crippen molar-refractivity contribution < 1.29 is 14.3 Å². The molecule has 0 aromatic heterocycles. The van der Waals surface area contributed by atoms with Gasteiger partial charge in [0, 0.05) is 4.47 Å². The lowest BCUT2D eigenvalue weighted by Gasteiger charge is -2.33. The van der Waals surface area contributed by atoms with Crippen molar-refractivity contribution in [2.75, 3.05) is 10.2 Å². The van der Waals surface area contributed by atoms with Gasteiger partial charge in [-0.05, 0) is 45.9 Å². The molecular weight excluding hydrogens is 324 g/mol. The van der Waals surface area contributed by atoms with Gasteiger partial charge in [0.25, 0.3) is 5.91 Å². The summed E-state index contributed by atoms with van der Waals surface area (Å²) in [5.41, 5.74) is 0.573. The van der Waals surface area contributed by atoms with Gasteiger partial charge < -0.3 is 10.1 Å². The summed E-state index contributed by atoms with van der Waals surface area (Å²) in [4.78, 5) is 25.6. The summed E-state index contributed by atoms with van der Waals surface area (Å²) in [5.74, 6) is -0.325. The molecule has 1 unspecified atom stereocenters. The smallest absolute Gasteiger partial charge is 0.421 e. The molecule has 2 amide bonds. The minimum Gasteiger partial charge on any atom is -0.443 e. The van der Waals surface area contributed by atoms with Crippen LogP contribution in [0, 0.1) is 0 Å². The first-order valence-electron chi connectivity index (χ1n) is 6.32. The van der Waals surface area contributed by atoms with Crippen LogP contribution in [0.5, 0.6) is 0 Å². The molecule has 0 spiro atoms. The van der Waals surface area contributed by atoms with E-state index in [1.165, 1.54) is 0 Å². The van der Waals surface area contributed by atoms with Crippen LogP contribution in [0.15, 0.2) is 22.7 Å². The highest BCUT2D eigenvalue weighted by atomic mass is 79.9. The predicted molar refractivity (Wildman–Crippen MR) is 80.9 cm³/mol. The van der Waals surface area contributed by atoms with Crippen LogP contribution in [0.4, 0.5) is 16.2 Å². The largest absolute Gasteiger partial charge is 0.443 e. The van der Waals surface area contributed by atoms with Crippen LogP contribution in [0.3, 0.4) is 0 Å². The van der Waals surface area contributed by atoms with E-state index in [1.54, 1.807) is 39.8 Å². The molecule has 6 heteroatoms. The van der Waals surface area contributed by atoms with E-state index in [4.69, 9.17) is 4.74 Å². The topological polar surface area (TPSA) is 58.6 Å². The third-order valence-corrected chi connectivity index (χ3v) is 3.23. The highest BCUT2D eigenvalue weighted by molar-refractivity contribution is 9.10. The van der Waals surface area contributed by atoms with Crippen molar-refractivity contribution in [2.45, 2.75) is 39.3 Å². The van der Waals surface area contributed by atoms with E-state index in [-0.39, 0.29) is 5.91 Å². The highest BCUT2D eigenvalue weighted by Crippen LogP contribution is 2.34. The number of amides is 2. The maximum atomic E-state index is 12.3. The second kappa shape index (κ2) is 5.09. The average molecular weight is 341 g/mol. The number of fused-ring (bicyclic) bond motifs is 1. The number of carbonyl (C=O) groups excluding carboxylic acids is 2. The van der Waals surface area contributed by atoms with E-state index in [2.05, 4.69) is 21.2 Å². The van der Waals surface area contributed by atoms with Crippen LogP contribution in [0.1, 0.15) is 27.7 Å². The van der Waals surface area contributed by atoms with Gasteiger partial charge in [0.05, 0.1) is 11.4 Å². The lowest BCUT2D eigenvalue weighted by molar-refractivity contribution is -0.119. The molecule has 2 rings (SSSR count). The summed E-state index contributed by atoms with van der Waals surface area (Å²) in [6.07, 6.45) is -0.653. The number of nitrogens with zero attached hydrogens (tertiary/aromatic N) is 1. The fourth-order valence-corrected chi connectivity index (χ4v) is 2.28. The molecule has 1 atom stereocenters. The maximum Gasteiger partial charge on any atom is 0.421 e. The van der Waals surface area contributed by atoms with Crippen molar-refractivity contribution in [3.8, 4) is 0 Å². The van der Waals surface area contributed by atoms with Crippen molar-refractivity contribution in [1.82, 2.24) is 0 Å². The van der Waals surface area contributed by atoms with Crippen LogP contribution in [-0.4, -0.2) is 23.6 Å². The molecule has 0 saturated carbocycles. The number of hydrogen-bond acceptors (Lipinski definition) is 4. The summed E-state index contributed by atoms with van der Waals surface area (Å²) in [6.45, 7) is 7.01. The second-order valence-electron chi connectivity index (χ2n) is 5.68. The fraction of sp³-hybridized carbons (Fsp3) is 0.429. The Morgan fingerprint density at radius 2 is 2.05 bits per heavy atom. The van der Waals surface area contributed by atoms with Crippen LogP contribution in [0.2, 0.25) is 0 Å². The molecule has 108 valence electrons. The number of halogens is 1. The van der Waals surface area contributed by atoms with E-state index >= 15 is 0 Å². The van der Waals surface area contributed by atoms with E-state index in [0.29, 0.717) is 5.69 Å². The minimum absolute atomic E-state index is 0.325. The van der Waals surface area contributed by atoms with Gasteiger partial charge in [-0.15, -0.1) is 0 Å². The van der Waals surface area contributed by atoms with Crippen LogP contribution in [-0.2, 0) is 9.53 Å². The van der Waals surface area contributed by atoms with Gasteiger partial charge in [-0.2, -0.15) is 0 Å². The summed E-state index contributed by atoms with van der Waals surface area (Å²) < 4.78 is 6.18. The molecule has 0 aliphatic carbocycles. The van der Waals surface area contributed by atoms with Crippen LogP contribution >= 0.6 is 15.9 Å².